The molecule has 0 aromatic heterocycles. The van der Waals surface area contributed by atoms with Gasteiger partial charge in [-0.2, -0.15) is 13.2 Å². The van der Waals surface area contributed by atoms with Gasteiger partial charge in [-0.25, -0.2) is 4.79 Å². The molecule has 1 saturated carbocycles. The van der Waals surface area contributed by atoms with Crippen molar-refractivity contribution in [3.8, 4) is 0 Å². The number of hydrogen-bond donors (Lipinski definition) is 2. The molecule has 0 heterocycles. The quantitative estimate of drug-likeness (QED) is 0.806. The highest BCUT2D eigenvalue weighted by Crippen LogP contribution is 2.43. The standard InChI is InChI=1S/C19H19F3N2O/c20-19(21,22)15-9-4-5-10-16(15)24-17(25)23-13-18(11-6-12-18)14-7-2-1-3-8-14/h1-5,7-10H,6,11-13H2,(H2,23,24,25). The zero-order chi connectivity index (χ0) is 17.9. The van der Waals surface area contributed by atoms with Gasteiger partial charge in [0.1, 0.15) is 0 Å². The molecule has 0 aliphatic heterocycles. The first-order valence-corrected chi connectivity index (χ1v) is 8.17. The molecule has 0 radical (unpaired) electrons. The molecule has 0 bridgehead atoms. The number of anilines is 1. The van der Waals surface area contributed by atoms with Gasteiger partial charge in [0.15, 0.2) is 0 Å². The number of hydrogen-bond acceptors (Lipinski definition) is 1. The molecule has 2 amide bonds. The smallest absolute Gasteiger partial charge is 0.337 e. The number of urea groups is 1. The number of para-hydroxylation sites is 1. The monoisotopic (exact) mass is 348 g/mol. The molecule has 0 atom stereocenters. The molecule has 25 heavy (non-hydrogen) atoms. The van der Waals surface area contributed by atoms with Crippen LogP contribution in [0.1, 0.15) is 30.4 Å². The van der Waals surface area contributed by atoms with Crippen LogP contribution in [0, 0.1) is 0 Å². The van der Waals surface area contributed by atoms with Gasteiger partial charge < -0.3 is 10.6 Å². The molecule has 0 spiro atoms. The molecule has 2 N–H and O–H groups in total. The number of rotatable bonds is 4. The zero-order valence-corrected chi connectivity index (χ0v) is 13.6. The predicted octanol–water partition coefficient (Wildman–Crippen LogP) is 4.95. The van der Waals surface area contributed by atoms with Crippen LogP contribution in [0.4, 0.5) is 23.7 Å². The predicted molar refractivity (Wildman–Crippen MR) is 90.4 cm³/mol. The average molecular weight is 348 g/mol. The van der Waals surface area contributed by atoms with Crippen LogP contribution in [-0.2, 0) is 11.6 Å². The number of alkyl halides is 3. The van der Waals surface area contributed by atoms with Gasteiger partial charge in [0.05, 0.1) is 11.3 Å². The summed E-state index contributed by atoms with van der Waals surface area (Å²) in [5, 5.41) is 5.05. The van der Waals surface area contributed by atoms with Crippen molar-refractivity contribution in [3.63, 3.8) is 0 Å². The van der Waals surface area contributed by atoms with E-state index in [-0.39, 0.29) is 11.1 Å². The summed E-state index contributed by atoms with van der Waals surface area (Å²) in [6, 6.07) is 14.2. The normalized spacial score (nSPS) is 16.0. The summed E-state index contributed by atoms with van der Waals surface area (Å²) in [5.41, 5.74) is -0.0685. The van der Waals surface area contributed by atoms with Gasteiger partial charge in [-0.15, -0.1) is 0 Å². The second-order valence-electron chi connectivity index (χ2n) is 6.35. The maximum absolute atomic E-state index is 13.0. The summed E-state index contributed by atoms with van der Waals surface area (Å²) in [7, 11) is 0. The highest BCUT2D eigenvalue weighted by atomic mass is 19.4. The molecule has 1 aliphatic rings. The SMILES string of the molecule is O=C(NCC1(c2ccccc2)CCC1)Nc1ccccc1C(F)(F)F. The van der Waals surface area contributed by atoms with E-state index in [1.165, 1.54) is 18.2 Å². The van der Waals surface area contributed by atoms with Gasteiger partial charge in [-0.05, 0) is 30.5 Å². The number of carbonyl (C=O) groups excluding carboxylic acids is 1. The van der Waals surface area contributed by atoms with Gasteiger partial charge in [0.2, 0.25) is 0 Å². The molecule has 0 saturated heterocycles. The van der Waals surface area contributed by atoms with Crippen molar-refractivity contribution in [2.45, 2.75) is 30.9 Å². The van der Waals surface area contributed by atoms with E-state index in [0.717, 1.165) is 30.9 Å². The van der Waals surface area contributed by atoms with Crippen LogP contribution in [-0.4, -0.2) is 12.6 Å². The third-order valence-corrected chi connectivity index (χ3v) is 4.76. The first-order valence-electron chi connectivity index (χ1n) is 8.17. The van der Waals surface area contributed by atoms with Gasteiger partial charge in [-0.1, -0.05) is 48.9 Å². The maximum atomic E-state index is 13.0. The van der Waals surface area contributed by atoms with E-state index in [1.807, 2.05) is 30.3 Å². The van der Waals surface area contributed by atoms with Crippen molar-refractivity contribution < 1.29 is 18.0 Å². The maximum Gasteiger partial charge on any atom is 0.418 e. The van der Waals surface area contributed by atoms with E-state index < -0.39 is 17.8 Å². The summed E-state index contributed by atoms with van der Waals surface area (Å²) in [5.74, 6) is 0. The highest BCUT2D eigenvalue weighted by molar-refractivity contribution is 5.90. The van der Waals surface area contributed by atoms with Gasteiger partial charge in [-0.3, -0.25) is 0 Å². The molecule has 132 valence electrons. The first-order chi connectivity index (χ1) is 11.9. The minimum atomic E-state index is -4.51. The summed E-state index contributed by atoms with van der Waals surface area (Å²) in [4.78, 5) is 12.1. The minimum absolute atomic E-state index is 0.123. The van der Waals surface area contributed by atoms with Crippen molar-refractivity contribution in [2.24, 2.45) is 0 Å². The van der Waals surface area contributed by atoms with Crippen molar-refractivity contribution in [3.05, 3.63) is 65.7 Å². The van der Waals surface area contributed by atoms with Crippen LogP contribution >= 0.6 is 0 Å². The largest absolute Gasteiger partial charge is 0.418 e. The number of carbonyl (C=O) groups is 1. The van der Waals surface area contributed by atoms with Gasteiger partial charge >= 0.3 is 12.2 Å². The lowest BCUT2D eigenvalue weighted by atomic mass is 9.64. The lowest BCUT2D eigenvalue weighted by Gasteiger charge is -2.42. The fourth-order valence-electron chi connectivity index (χ4n) is 3.22. The topological polar surface area (TPSA) is 41.1 Å². The summed E-state index contributed by atoms with van der Waals surface area (Å²) >= 11 is 0. The fourth-order valence-corrected chi connectivity index (χ4v) is 3.22. The second kappa shape index (κ2) is 6.78. The van der Waals surface area contributed by atoms with Crippen molar-refractivity contribution in [1.82, 2.24) is 5.32 Å². The van der Waals surface area contributed by atoms with Gasteiger partial charge in [0, 0.05) is 12.0 Å². The van der Waals surface area contributed by atoms with Crippen LogP contribution < -0.4 is 10.6 Å². The number of benzene rings is 2. The Morgan fingerprint density at radius 1 is 1.00 bits per heavy atom. The number of halogens is 3. The molecule has 2 aromatic carbocycles. The van der Waals surface area contributed by atoms with Crippen LogP contribution in [0.3, 0.4) is 0 Å². The fraction of sp³-hybridized carbons (Fsp3) is 0.316. The minimum Gasteiger partial charge on any atom is -0.337 e. The Balaban J connectivity index is 1.66. The van der Waals surface area contributed by atoms with E-state index >= 15 is 0 Å². The molecular weight excluding hydrogens is 329 g/mol. The Hall–Kier alpha value is -2.50. The number of nitrogens with one attached hydrogen (secondary N) is 2. The lowest BCUT2D eigenvalue weighted by molar-refractivity contribution is -0.136. The molecule has 2 aromatic rings. The average Bonchev–Trinajstić information content (AvgIpc) is 2.54. The number of amides is 2. The molecule has 3 nitrogen and oxygen atoms in total. The summed E-state index contributed by atoms with van der Waals surface area (Å²) in [6.07, 6.45) is -1.52. The Kier molecular flexibility index (Phi) is 4.70. The Morgan fingerprint density at radius 2 is 1.64 bits per heavy atom. The summed E-state index contributed by atoms with van der Waals surface area (Å²) in [6.45, 7) is 0.400. The third kappa shape index (κ3) is 3.78. The Morgan fingerprint density at radius 3 is 2.24 bits per heavy atom. The van der Waals surface area contributed by atoms with Crippen LogP contribution in [0.5, 0.6) is 0 Å². The van der Waals surface area contributed by atoms with Crippen LogP contribution in [0.2, 0.25) is 0 Å². The molecular formula is C19H19F3N2O. The molecule has 6 heteroatoms. The zero-order valence-electron chi connectivity index (χ0n) is 13.6. The summed E-state index contributed by atoms with van der Waals surface area (Å²) < 4.78 is 39.0. The molecule has 1 aliphatic carbocycles. The first kappa shape index (κ1) is 17.3. The van der Waals surface area contributed by atoms with Crippen molar-refractivity contribution >= 4 is 11.7 Å². The van der Waals surface area contributed by atoms with Gasteiger partial charge in [0.25, 0.3) is 0 Å². The van der Waals surface area contributed by atoms with Crippen molar-refractivity contribution in [2.75, 3.05) is 11.9 Å². The van der Waals surface area contributed by atoms with E-state index in [1.54, 1.807) is 0 Å². The van der Waals surface area contributed by atoms with E-state index in [0.29, 0.717) is 6.54 Å². The molecule has 3 rings (SSSR count). The third-order valence-electron chi connectivity index (χ3n) is 4.76. The lowest BCUT2D eigenvalue weighted by Crippen LogP contribution is -2.46. The second-order valence-corrected chi connectivity index (χ2v) is 6.35. The Bertz CT molecular complexity index is 740. The van der Waals surface area contributed by atoms with E-state index in [4.69, 9.17) is 0 Å². The van der Waals surface area contributed by atoms with Crippen molar-refractivity contribution in [1.29, 1.82) is 0 Å². The molecule has 0 unspecified atom stereocenters. The Labute approximate surface area is 144 Å². The van der Waals surface area contributed by atoms with Crippen LogP contribution in [0.15, 0.2) is 54.6 Å². The van der Waals surface area contributed by atoms with E-state index in [9.17, 15) is 18.0 Å². The van der Waals surface area contributed by atoms with E-state index in [2.05, 4.69) is 10.6 Å². The van der Waals surface area contributed by atoms with Crippen LogP contribution in [0.25, 0.3) is 0 Å². The molecule has 1 fully saturated rings. The highest BCUT2D eigenvalue weighted by Gasteiger charge is 2.39.